The third-order valence-corrected chi connectivity index (χ3v) is 3.25. The monoisotopic (exact) mass is 199 g/mol. The average Bonchev–Trinajstić information content (AvgIpc) is 1.99. The van der Waals surface area contributed by atoms with Crippen molar-refractivity contribution in [3.63, 3.8) is 0 Å². The molecule has 0 saturated carbocycles. The lowest BCUT2D eigenvalue weighted by molar-refractivity contribution is -0.0388. The molecule has 1 unspecified atom stereocenters. The minimum Gasteiger partial charge on any atom is -0.378 e. The second kappa shape index (κ2) is 5.13. The number of hydrogen-bond acceptors (Lipinski definition) is 2. The van der Waals surface area contributed by atoms with Gasteiger partial charge in [0.2, 0.25) is 0 Å². The summed E-state index contributed by atoms with van der Waals surface area (Å²) in [5.74, 6) is 1.41. The quantitative estimate of drug-likeness (QED) is 0.674. The summed E-state index contributed by atoms with van der Waals surface area (Å²) >= 11 is 0. The largest absolute Gasteiger partial charge is 0.378 e. The van der Waals surface area contributed by atoms with Crippen LogP contribution in [0.2, 0.25) is 0 Å². The summed E-state index contributed by atoms with van der Waals surface area (Å²) in [5.41, 5.74) is 0. The number of rotatable bonds is 5. The maximum atomic E-state index is 5.81. The van der Waals surface area contributed by atoms with Crippen LogP contribution in [0.4, 0.5) is 0 Å². The molecule has 0 aliphatic carbocycles. The Morgan fingerprint density at radius 2 is 1.71 bits per heavy atom. The van der Waals surface area contributed by atoms with Crippen molar-refractivity contribution in [2.45, 2.75) is 46.8 Å². The maximum absolute atomic E-state index is 5.81. The molecule has 1 heterocycles. The molecule has 1 atom stereocenters. The fourth-order valence-corrected chi connectivity index (χ4v) is 1.62. The lowest BCUT2D eigenvalue weighted by atomic mass is 9.99. The SMILES string of the molecule is CC(C)C(C)OCC1CN(C(C)C)C1. The highest BCUT2D eigenvalue weighted by Gasteiger charge is 2.28. The van der Waals surface area contributed by atoms with Crippen molar-refractivity contribution >= 4 is 0 Å². The van der Waals surface area contributed by atoms with Gasteiger partial charge in [-0.1, -0.05) is 13.8 Å². The molecule has 0 aromatic rings. The van der Waals surface area contributed by atoms with Crippen molar-refractivity contribution in [2.75, 3.05) is 19.7 Å². The van der Waals surface area contributed by atoms with Crippen LogP contribution >= 0.6 is 0 Å². The Kier molecular flexibility index (Phi) is 4.39. The molecular formula is C12H25NO. The first kappa shape index (κ1) is 12.0. The summed E-state index contributed by atoms with van der Waals surface area (Å²) in [6.45, 7) is 14.5. The highest BCUT2D eigenvalue weighted by molar-refractivity contribution is 4.81. The van der Waals surface area contributed by atoms with E-state index in [-0.39, 0.29) is 0 Å². The predicted octanol–water partition coefficient (Wildman–Crippen LogP) is 2.39. The molecule has 1 rings (SSSR count). The smallest absolute Gasteiger partial charge is 0.0570 e. The summed E-state index contributed by atoms with van der Waals surface area (Å²) < 4.78 is 5.81. The van der Waals surface area contributed by atoms with Gasteiger partial charge in [-0.05, 0) is 26.7 Å². The standard InChI is InChI=1S/C12H25NO/c1-9(2)11(5)14-8-12-6-13(7-12)10(3)4/h9-12H,6-8H2,1-5H3. The molecule has 0 bridgehead atoms. The van der Waals surface area contributed by atoms with Gasteiger partial charge in [0.05, 0.1) is 12.7 Å². The first-order valence-electron chi connectivity index (χ1n) is 5.86. The van der Waals surface area contributed by atoms with E-state index >= 15 is 0 Å². The first-order valence-corrected chi connectivity index (χ1v) is 5.86. The highest BCUT2D eigenvalue weighted by atomic mass is 16.5. The molecule has 0 aromatic carbocycles. The number of nitrogens with zero attached hydrogens (tertiary/aromatic N) is 1. The fraction of sp³-hybridized carbons (Fsp3) is 1.00. The van der Waals surface area contributed by atoms with Crippen LogP contribution in [0.25, 0.3) is 0 Å². The van der Waals surface area contributed by atoms with Gasteiger partial charge in [0.25, 0.3) is 0 Å². The van der Waals surface area contributed by atoms with Gasteiger partial charge >= 0.3 is 0 Å². The molecule has 0 amide bonds. The topological polar surface area (TPSA) is 12.5 Å². The number of ether oxygens (including phenoxy) is 1. The van der Waals surface area contributed by atoms with E-state index < -0.39 is 0 Å². The van der Waals surface area contributed by atoms with Gasteiger partial charge in [0.15, 0.2) is 0 Å². The third kappa shape index (κ3) is 3.25. The van der Waals surface area contributed by atoms with Crippen LogP contribution < -0.4 is 0 Å². The average molecular weight is 199 g/mol. The van der Waals surface area contributed by atoms with Gasteiger partial charge in [0.1, 0.15) is 0 Å². The molecule has 0 radical (unpaired) electrons. The first-order chi connectivity index (χ1) is 6.50. The van der Waals surface area contributed by atoms with E-state index in [1.54, 1.807) is 0 Å². The zero-order valence-electron chi connectivity index (χ0n) is 10.3. The van der Waals surface area contributed by atoms with Crippen LogP contribution in [-0.2, 0) is 4.74 Å². The Bertz CT molecular complexity index is 162. The lowest BCUT2D eigenvalue weighted by Crippen LogP contribution is -2.52. The summed E-state index contributed by atoms with van der Waals surface area (Å²) in [5, 5.41) is 0. The molecule has 1 aliphatic heterocycles. The van der Waals surface area contributed by atoms with Crippen LogP contribution in [0, 0.1) is 11.8 Å². The Morgan fingerprint density at radius 3 is 2.14 bits per heavy atom. The zero-order chi connectivity index (χ0) is 10.7. The van der Waals surface area contributed by atoms with Crippen LogP contribution in [0.1, 0.15) is 34.6 Å². The Morgan fingerprint density at radius 1 is 1.14 bits per heavy atom. The van der Waals surface area contributed by atoms with Crippen molar-refractivity contribution in [1.82, 2.24) is 4.90 Å². The molecule has 2 nitrogen and oxygen atoms in total. The van der Waals surface area contributed by atoms with E-state index in [1.807, 2.05) is 0 Å². The molecule has 2 heteroatoms. The van der Waals surface area contributed by atoms with Crippen LogP contribution in [0.5, 0.6) is 0 Å². The van der Waals surface area contributed by atoms with E-state index in [4.69, 9.17) is 4.74 Å². The van der Waals surface area contributed by atoms with Crippen LogP contribution in [0.3, 0.4) is 0 Å². The van der Waals surface area contributed by atoms with Crippen molar-refractivity contribution in [1.29, 1.82) is 0 Å². The Hall–Kier alpha value is -0.0800. The van der Waals surface area contributed by atoms with Crippen molar-refractivity contribution in [2.24, 2.45) is 11.8 Å². The minimum atomic E-state index is 0.406. The number of hydrogen-bond donors (Lipinski definition) is 0. The third-order valence-electron chi connectivity index (χ3n) is 3.25. The Balaban J connectivity index is 2.06. The van der Waals surface area contributed by atoms with Gasteiger partial charge in [-0.3, -0.25) is 0 Å². The number of likely N-dealkylation sites (tertiary alicyclic amines) is 1. The molecule has 0 N–H and O–H groups in total. The highest BCUT2D eigenvalue weighted by Crippen LogP contribution is 2.19. The van der Waals surface area contributed by atoms with Gasteiger partial charge in [-0.15, -0.1) is 0 Å². The molecule has 1 fully saturated rings. The fourth-order valence-electron chi connectivity index (χ4n) is 1.62. The molecule has 1 saturated heterocycles. The molecule has 0 spiro atoms. The van der Waals surface area contributed by atoms with E-state index in [2.05, 4.69) is 39.5 Å². The van der Waals surface area contributed by atoms with E-state index in [1.165, 1.54) is 13.1 Å². The predicted molar refractivity (Wildman–Crippen MR) is 60.5 cm³/mol. The van der Waals surface area contributed by atoms with E-state index in [0.29, 0.717) is 18.1 Å². The second-order valence-corrected chi connectivity index (χ2v) is 5.20. The molecule has 0 aromatic heterocycles. The zero-order valence-corrected chi connectivity index (χ0v) is 10.3. The summed E-state index contributed by atoms with van der Waals surface area (Å²) in [6.07, 6.45) is 0.406. The summed E-state index contributed by atoms with van der Waals surface area (Å²) in [7, 11) is 0. The van der Waals surface area contributed by atoms with Gasteiger partial charge in [0, 0.05) is 25.0 Å². The van der Waals surface area contributed by atoms with Crippen molar-refractivity contribution < 1.29 is 4.74 Å². The van der Waals surface area contributed by atoms with E-state index in [9.17, 15) is 0 Å². The molecule has 1 aliphatic rings. The van der Waals surface area contributed by atoms with Crippen LogP contribution in [0.15, 0.2) is 0 Å². The van der Waals surface area contributed by atoms with Gasteiger partial charge in [-0.2, -0.15) is 0 Å². The second-order valence-electron chi connectivity index (χ2n) is 5.20. The van der Waals surface area contributed by atoms with Crippen LogP contribution in [-0.4, -0.2) is 36.7 Å². The summed E-state index contributed by atoms with van der Waals surface area (Å²) in [4.78, 5) is 2.49. The molecule has 14 heavy (non-hydrogen) atoms. The van der Waals surface area contributed by atoms with Crippen molar-refractivity contribution in [3.05, 3.63) is 0 Å². The Labute approximate surface area is 88.6 Å². The van der Waals surface area contributed by atoms with Gasteiger partial charge in [-0.25, -0.2) is 0 Å². The molecule has 84 valence electrons. The normalized spacial score (nSPS) is 21.6. The summed E-state index contributed by atoms with van der Waals surface area (Å²) in [6, 6.07) is 0.703. The van der Waals surface area contributed by atoms with E-state index in [0.717, 1.165) is 12.5 Å². The van der Waals surface area contributed by atoms with Crippen molar-refractivity contribution in [3.8, 4) is 0 Å². The molecular weight excluding hydrogens is 174 g/mol. The maximum Gasteiger partial charge on any atom is 0.0570 e. The lowest BCUT2D eigenvalue weighted by Gasteiger charge is -2.42. The minimum absolute atomic E-state index is 0.406. The van der Waals surface area contributed by atoms with Gasteiger partial charge < -0.3 is 9.64 Å².